The quantitative estimate of drug-likeness (QED) is 0.648. The van der Waals surface area contributed by atoms with Gasteiger partial charge in [-0.25, -0.2) is 4.79 Å². The number of aliphatic hydroxyl groups is 1. The molecule has 0 aliphatic heterocycles. The molecule has 0 fully saturated rings. The molecular weight excluding hydrogens is 220 g/mol. The fraction of sp³-hybridized carbons (Fsp3) is 0.417. The van der Waals surface area contributed by atoms with Gasteiger partial charge in [-0.3, -0.25) is 0 Å². The summed E-state index contributed by atoms with van der Waals surface area (Å²) < 4.78 is 0. The summed E-state index contributed by atoms with van der Waals surface area (Å²) in [5.41, 5.74) is 7.20. The molecule has 0 aliphatic rings. The van der Waals surface area contributed by atoms with Gasteiger partial charge in [-0.1, -0.05) is 6.92 Å². The molecule has 0 spiro atoms. The van der Waals surface area contributed by atoms with Crippen molar-refractivity contribution in [3.05, 3.63) is 23.8 Å². The predicted octanol–water partition coefficient (Wildman–Crippen LogP) is 1.18. The number of hydrogen-bond acceptors (Lipinski definition) is 4. The molecule has 0 saturated carbocycles. The number of aromatic carboxylic acids is 1. The second-order valence-corrected chi connectivity index (χ2v) is 3.79. The van der Waals surface area contributed by atoms with E-state index in [9.17, 15) is 4.79 Å². The fourth-order valence-electron chi connectivity index (χ4n) is 1.72. The molecular formula is C12H18N2O3. The van der Waals surface area contributed by atoms with Crippen LogP contribution >= 0.6 is 0 Å². The summed E-state index contributed by atoms with van der Waals surface area (Å²) in [6.07, 6.45) is 0.931. The number of rotatable bonds is 6. The van der Waals surface area contributed by atoms with E-state index >= 15 is 0 Å². The number of carboxylic acids is 1. The van der Waals surface area contributed by atoms with Crippen LogP contribution in [0.3, 0.4) is 0 Å². The van der Waals surface area contributed by atoms with Crippen LogP contribution in [0.15, 0.2) is 18.2 Å². The lowest BCUT2D eigenvalue weighted by Gasteiger charge is -2.24. The first-order valence-corrected chi connectivity index (χ1v) is 5.58. The number of carbonyl (C=O) groups is 1. The largest absolute Gasteiger partial charge is 0.478 e. The van der Waals surface area contributed by atoms with Crippen LogP contribution in [-0.2, 0) is 0 Å². The smallest absolute Gasteiger partial charge is 0.335 e. The summed E-state index contributed by atoms with van der Waals surface area (Å²) in [4.78, 5) is 12.7. The summed E-state index contributed by atoms with van der Waals surface area (Å²) >= 11 is 0. The van der Waals surface area contributed by atoms with E-state index in [2.05, 4.69) is 0 Å². The molecule has 1 aromatic rings. The summed E-state index contributed by atoms with van der Waals surface area (Å²) in [7, 11) is 0. The molecule has 0 saturated heterocycles. The fourth-order valence-corrected chi connectivity index (χ4v) is 1.72. The van der Waals surface area contributed by atoms with Crippen molar-refractivity contribution >= 4 is 17.3 Å². The van der Waals surface area contributed by atoms with Gasteiger partial charge < -0.3 is 20.8 Å². The minimum atomic E-state index is -0.993. The molecule has 0 bridgehead atoms. The van der Waals surface area contributed by atoms with Gasteiger partial charge in [0, 0.05) is 13.1 Å². The molecule has 94 valence electrons. The van der Waals surface area contributed by atoms with Crippen LogP contribution in [0.25, 0.3) is 0 Å². The van der Waals surface area contributed by atoms with Crippen LogP contribution < -0.4 is 10.6 Å². The van der Waals surface area contributed by atoms with Crippen LogP contribution in [-0.4, -0.2) is 35.9 Å². The maximum Gasteiger partial charge on any atom is 0.335 e. The first-order chi connectivity index (χ1) is 8.10. The first kappa shape index (κ1) is 13.3. The Labute approximate surface area is 100 Å². The maximum absolute atomic E-state index is 10.8. The highest BCUT2D eigenvalue weighted by molar-refractivity contribution is 5.90. The van der Waals surface area contributed by atoms with Gasteiger partial charge in [0.2, 0.25) is 0 Å². The minimum absolute atomic E-state index is 0.0418. The number of anilines is 2. The molecule has 4 N–H and O–H groups in total. The number of benzene rings is 1. The van der Waals surface area contributed by atoms with Crippen LogP contribution in [0.5, 0.6) is 0 Å². The lowest BCUT2D eigenvalue weighted by Crippen LogP contribution is -2.28. The number of carboxylic acid groups (broad SMARTS) is 1. The Morgan fingerprint density at radius 3 is 2.59 bits per heavy atom. The van der Waals surface area contributed by atoms with Crippen LogP contribution in [0.1, 0.15) is 23.7 Å². The van der Waals surface area contributed by atoms with E-state index in [1.165, 1.54) is 12.1 Å². The monoisotopic (exact) mass is 238 g/mol. The third kappa shape index (κ3) is 3.35. The third-order valence-corrected chi connectivity index (χ3v) is 2.48. The summed E-state index contributed by atoms with van der Waals surface area (Å²) in [6.45, 7) is 3.34. The molecule has 5 nitrogen and oxygen atoms in total. The first-order valence-electron chi connectivity index (χ1n) is 5.58. The predicted molar refractivity (Wildman–Crippen MR) is 67.4 cm³/mol. The summed E-state index contributed by atoms with van der Waals surface area (Å²) in [5, 5.41) is 17.8. The molecule has 5 heteroatoms. The molecule has 0 amide bonds. The Balaban J connectivity index is 2.99. The van der Waals surface area contributed by atoms with Gasteiger partial charge in [-0.05, 0) is 24.6 Å². The van der Waals surface area contributed by atoms with Crippen molar-refractivity contribution < 1.29 is 15.0 Å². The van der Waals surface area contributed by atoms with E-state index < -0.39 is 5.97 Å². The number of nitrogen functional groups attached to an aromatic ring is 1. The highest BCUT2D eigenvalue weighted by Crippen LogP contribution is 2.24. The number of nitrogens with zero attached hydrogens (tertiary/aromatic N) is 1. The Morgan fingerprint density at radius 2 is 2.12 bits per heavy atom. The normalized spacial score (nSPS) is 10.2. The zero-order valence-corrected chi connectivity index (χ0v) is 9.89. The van der Waals surface area contributed by atoms with E-state index in [0.29, 0.717) is 12.2 Å². The molecule has 0 aromatic heterocycles. The van der Waals surface area contributed by atoms with E-state index in [1.54, 1.807) is 6.07 Å². The lowest BCUT2D eigenvalue weighted by molar-refractivity contribution is 0.0697. The number of hydrogen-bond donors (Lipinski definition) is 3. The van der Waals surface area contributed by atoms with E-state index in [4.69, 9.17) is 15.9 Å². The van der Waals surface area contributed by atoms with Gasteiger partial charge in [0.15, 0.2) is 0 Å². The summed E-state index contributed by atoms with van der Waals surface area (Å²) in [5.74, 6) is -0.993. The van der Waals surface area contributed by atoms with Crippen molar-refractivity contribution in [2.24, 2.45) is 0 Å². The van der Waals surface area contributed by atoms with Crippen molar-refractivity contribution in [1.82, 2.24) is 0 Å². The number of aliphatic hydroxyl groups excluding tert-OH is 1. The molecule has 0 heterocycles. The lowest BCUT2D eigenvalue weighted by atomic mass is 10.1. The molecule has 1 aromatic carbocycles. The third-order valence-electron chi connectivity index (χ3n) is 2.48. The van der Waals surface area contributed by atoms with Crippen LogP contribution in [0, 0.1) is 0 Å². The molecule has 17 heavy (non-hydrogen) atoms. The number of nitrogens with two attached hydrogens (primary N) is 1. The Bertz CT molecular complexity index is 387. The highest BCUT2D eigenvalue weighted by atomic mass is 16.4. The van der Waals surface area contributed by atoms with Crippen molar-refractivity contribution in [3.63, 3.8) is 0 Å². The standard InChI is InChI=1S/C12H18N2O3/c1-2-5-14(6-7-15)11-4-3-9(12(16)17)8-10(11)13/h3-4,8,15H,2,5-7,13H2,1H3,(H,16,17). The molecule has 0 atom stereocenters. The van der Waals surface area contributed by atoms with Gasteiger partial charge in [0.1, 0.15) is 0 Å². The average Bonchev–Trinajstić information content (AvgIpc) is 2.28. The van der Waals surface area contributed by atoms with Gasteiger partial charge in [0.25, 0.3) is 0 Å². The van der Waals surface area contributed by atoms with Crippen LogP contribution in [0.4, 0.5) is 11.4 Å². The molecule has 0 unspecified atom stereocenters. The maximum atomic E-state index is 10.8. The van der Waals surface area contributed by atoms with Gasteiger partial charge in [-0.15, -0.1) is 0 Å². The van der Waals surface area contributed by atoms with E-state index in [-0.39, 0.29) is 12.2 Å². The Morgan fingerprint density at radius 1 is 1.41 bits per heavy atom. The molecule has 0 radical (unpaired) electrons. The van der Waals surface area contributed by atoms with Crippen LogP contribution in [0.2, 0.25) is 0 Å². The second kappa shape index (κ2) is 6.10. The van der Waals surface area contributed by atoms with Gasteiger partial charge >= 0.3 is 5.97 Å². The molecule has 0 aliphatic carbocycles. The zero-order valence-electron chi connectivity index (χ0n) is 9.89. The van der Waals surface area contributed by atoms with E-state index in [1.807, 2.05) is 11.8 Å². The van der Waals surface area contributed by atoms with Crippen molar-refractivity contribution in [1.29, 1.82) is 0 Å². The second-order valence-electron chi connectivity index (χ2n) is 3.79. The van der Waals surface area contributed by atoms with Gasteiger partial charge in [-0.2, -0.15) is 0 Å². The topological polar surface area (TPSA) is 86.8 Å². The van der Waals surface area contributed by atoms with Crippen molar-refractivity contribution in [2.75, 3.05) is 30.3 Å². The zero-order chi connectivity index (χ0) is 12.8. The van der Waals surface area contributed by atoms with Gasteiger partial charge in [0.05, 0.1) is 23.5 Å². The summed E-state index contributed by atoms with van der Waals surface area (Å²) in [6, 6.07) is 4.65. The Hall–Kier alpha value is -1.75. The Kier molecular flexibility index (Phi) is 4.78. The van der Waals surface area contributed by atoms with Crippen molar-refractivity contribution in [2.45, 2.75) is 13.3 Å². The van der Waals surface area contributed by atoms with Crippen molar-refractivity contribution in [3.8, 4) is 0 Å². The minimum Gasteiger partial charge on any atom is -0.478 e. The van der Waals surface area contributed by atoms with E-state index in [0.717, 1.165) is 18.7 Å². The average molecular weight is 238 g/mol. The molecule has 1 rings (SSSR count). The SMILES string of the molecule is CCCN(CCO)c1ccc(C(=O)O)cc1N. The highest BCUT2D eigenvalue weighted by Gasteiger charge is 2.11.